The minimum absolute atomic E-state index is 0.342. The van der Waals surface area contributed by atoms with Gasteiger partial charge in [0.15, 0.2) is 0 Å². The summed E-state index contributed by atoms with van der Waals surface area (Å²) in [4.78, 5) is 0. The van der Waals surface area contributed by atoms with Crippen LogP contribution in [0.4, 0.5) is 8.78 Å². The minimum atomic E-state index is -0.389. The lowest BCUT2D eigenvalue weighted by Crippen LogP contribution is -2.30. The zero-order valence-corrected chi connectivity index (χ0v) is 12.7. The van der Waals surface area contributed by atoms with Gasteiger partial charge in [0.05, 0.1) is 6.04 Å². The smallest absolute Gasteiger partial charge is 0.123 e. The Labute approximate surface area is 129 Å². The van der Waals surface area contributed by atoms with E-state index in [-0.39, 0.29) is 17.7 Å². The Hall–Kier alpha value is -1.01. The van der Waals surface area contributed by atoms with Gasteiger partial charge in [-0.05, 0) is 53.9 Å². The van der Waals surface area contributed by atoms with Gasteiger partial charge in [0.2, 0.25) is 0 Å². The number of benzene rings is 2. The Bertz CT molecular complexity index is 622. The third-order valence-electron chi connectivity index (χ3n) is 2.97. The molecule has 6 heteroatoms. The van der Waals surface area contributed by atoms with Gasteiger partial charge in [-0.3, -0.25) is 11.3 Å². The normalized spacial score (nSPS) is 12.4. The molecule has 0 amide bonds. The summed E-state index contributed by atoms with van der Waals surface area (Å²) in [7, 11) is 0. The van der Waals surface area contributed by atoms with Crippen molar-refractivity contribution >= 4 is 27.5 Å². The van der Waals surface area contributed by atoms with Gasteiger partial charge >= 0.3 is 0 Å². The number of hydrazine groups is 1. The first-order chi connectivity index (χ1) is 9.51. The maximum absolute atomic E-state index is 13.4. The minimum Gasteiger partial charge on any atom is -0.271 e. The number of hydrogen-bond acceptors (Lipinski definition) is 2. The van der Waals surface area contributed by atoms with Crippen LogP contribution in [0.2, 0.25) is 5.02 Å². The van der Waals surface area contributed by atoms with E-state index in [4.69, 9.17) is 17.4 Å². The second-order valence-corrected chi connectivity index (χ2v) is 5.59. The number of nitrogens with two attached hydrogens (primary N) is 1. The molecule has 2 aromatic carbocycles. The van der Waals surface area contributed by atoms with Gasteiger partial charge in [0.1, 0.15) is 11.6 Å². The molecule has 0 aliphatic carbocycles. The average molecular weight is 362 g/mol. The highest BCUT2D eigenvalue weighted by atomic mass is 79.9. The van der Waals surface area contributed by atoms with Crippen molar-refractivity contribution in [3.8, 4) is 0 Å². The van der Waals surface area contributed by atoms with Gasteiger partial charge < -0.3 is 0 Å². The predicted molar refractivity (Wildman–Crippen MR) is 79.3 cm³/mol. The van der Waals surface area contributed by atoms with Crippen molar-refractivity contribution < 1.29 is 8.78 Å². The number of halogens is 4. The fourth-order valence-electron chi connectivity index (χ4n) is 1.96. The number of rotatable bonds is 4. The summed E-state index contributed by atoms with van der Waals surface area (Å²) < 4.78 is 27.3. The van der Waals surface area contributed by atoms with E-state index in [0.717, 1.165) is 4.47 Å². The lowest BCUT2D eigenvalue weighted by Gasteiger charge is -2.19. The van der Waals surface area contributed by atoms with Crippen LogP contribution >= 0.6 is 27.5 Å². The van der Waals surface area contributed by atoms with Crippen LogP contribution in [0.3, 0.4) is 0 Å². The topological polar surface area (TPSA) is 38.0 Å². The monoisotopic (exact) mass is 360 g/mol. The molecule has 2 nitrogen and oxygen atoms in total. The molecule has 0 bridgehead atoms. The van der Waals surface area contributed by atoms with E-state index in [1.165, 1.54) is 30.3 Å². The molecule has 0 aromatic heterocycles. The van der Waals surface area contributed by atoms with E-state index < -0.39 is 0 Å². The highest BCUT2D eigenvalue weighted by molar-refractivity contribution is 9.10. The zero-order valence-electron chi connectivity index (χ0n) is 10.3. The largest absolute Gasteiger partial charge is 0.271 e. The van der Waals surface area contributed by atoms with E-state index in [0.29, 0.717) is 22.6 Å². The van der Waals surface area contributed by atoms with Crippen LogP contribution in [-0.4, -0.2) is 0 Å². The molecule has 0 spiro atoms. The maximum atomic E-state index is 13.4. The molecular weight excluding hydrogens is 350 g/mol. The van der Waals surface area contributed by atoms with Crippen LogP contribution in [0.15, 0.2) is 40.9 Å². The molecule has 0 saturated heterocycles. The van der Waals surface area contributed by atoms with Crippen molar-refractivity contribution in [1.29, 1.82) is 0 Å². The molecule has 0 saturated carbocycles. The molecule has 0 radical (unpaired) electrons. The molecule has 0 fully saturated rings. The van der Waals surface area contributed by atoms with Gasteiger partial charge in [0, 0.05) is 9.50 Å². The first-order valence-corrected chi connectivity index (χ1v) is 7.03. The summed E-state index contributed by atoms with van der Waals surface area (Å²) in [5, 5.41) is 0.444. The van der Waals surface area contributed by atoms with Crippen molar-refractivity contribution in [2.45, 2.75) is 12.5 Å². The fraction of sp³-hybridized carbons (Fsp3) is 0.143. The highest BCUT2D eigenvalue weighted by Crippen LogP contribution is 2.29. The molecule has 0 aliphatic rings. The second-order valence-electron chi connectivity index (χ2n) is 4.32. The second kappa shape index (κ2) is 6.63. The van der Waals surface area contributed by atoms with Crippen LogP contribution in [0.1, 0.15) is 17.2 Å². The molecule has 2 rings (SSSR count). The fourth-order valence-corrected chi connectivity index (χ4v) is 2.68. The lowest BCUT2D eigenvalue weighted by molar-refractivity contribution is 0.539. The molecular formula is C14H12BrClF2N2. The first-order valence-electron chi connectivity index (χ1n) is 5.86. The Morgan fingerprint density at radius 2 is 1.80 bits per heavy atom. The number of hydrogen-bond donors (Lipinski definition) is 2. The quantitative estimate of drug-likeness (QED) is 0.635. The van der Waals surface area contributed by atoms with Gasteiger partial charge in [-0.15, -0.1) is 0 Å². The van der Waals surface area contributed by atoms with E-state index in [2.05, 4.69) is 21.4 Å². The highest BCUT2D eigenvalue weighted by Gasteiger charge is 2.16. The van der Waals surface area contributed by atoms with Crippen molar-refractivity contribution in [2.24, 2.45) is 5.84 Å². The standard InChI is InChI=1S/C14H12BrClF2N2/c15-12-3-1-10(18)7-11(12)14(20-19)6-8-5-9(17)2-4-13(8)16/h1-5,7,14,20H,6,19H2. The molecule has 0 aliphatic heterocycles. The van der Waals surface area contributed by atoms with Crippen molar-refractivity contribution in [2.75, 3.05) is 0 Å². The van der Waals surface area contributed by atoms with Crippen LogP contribution in [0.5, 0.6) is 0 Å². The SMILES string of the molecule is NNC(Cc1cc(F)ccc1Cl)c1cc(F)ccc1Br. The van der Waals surface area contributed by atoms with Crippen molar-refractivity contribution in [1.82, 2.24) is 5.43 Å². The van der Waals surface area contributed by atoms with Gasteiger partial charge in [-0.1, -0.05) is 27.5 Å². The van der Waals surface area contributed by atoms with Crippen LogP contribution in [0, 0.1) is 11.6 Å². The average Bonchev–Trinajstić information content (AvgIpc) is 2.42. The Morgan fingerprint density at radius 1 is 1.15 bits per heavy atom. The molecule has 2 aromatic rings. The Kier molecular flexibility index (Phi) is 5.10. The predicted octanol–water partition coefficient (Wildman–Crippen LogP) is 4.13. The molecule has 106 valence electrons. The van der Waals surface area contributed by atoms with Gasteiger partial charge in [0.25, 0.3) is 0 Å². The molecule has 20 heavy (non-hydrogen) atoms. The summed E-state index contributed by atoms with van der Waals surface area (Å²) >= 11 is 9.38. The first kappa shape index (κ1) is 15.4. The van der Waals surface area contributed by atoms with Crippen LogP contribution in [-0.2, 0) is 6.42 Å². The third kappa shape index (κ3) is 3.55. The molecule has 0 heterocycles. The van der Waals surface area contributed by atoms with Crippen molar-refractivity contribution in [3.63, 3.8) is 0 Å². The molecule has 1 atom stereocenters. The summed E-state index contributed by atoms with van der Waals surface area (Å²) in [6, 6.07) is 8.05. The van der Waals surface area contributed by atoms with E-state index in [9.17, 15) is 8.78 Å². The molecule has 3 N–H and O–H groups in total. The summed E-state index contributed by atoms with van der Waals surface area (Å²) in [6.45, 7) is 0. The summed E-state index contributed by atoms with van der Waals surface area (Å²) in [5.41, 5.74) is 3.85. The van der Waals surface area contributed by atoms with Gasteiger partial charge in [-0.2, -0.15) is 0 Å². The maximum Gasteiger partial charge on any atom is 0.123 e. The summed E-state index contributed by atoms with van der Waals surface area (Å²) in [5.74, 6) is 4.79. The van der Waals surface area contributed by atoms with E-state index in [1.807, 2.05) is 0 Å². The Balaban J connectivity index is 2.33. The third-order valence-corrected chi connectivity index (χ3v) is 4.06. The van der Waals surface area contributed by atoms with Crippen LogP contribution in [0.25, 0.3) is 0 Å². The molecule has 1 unspecified atom stereocenters. The Morgan fingerprint density at radius 3 is 2.50 bits per heavy atom. The van der Waals surface area contributed by atoms with Crippen molar-refractivity contribution in [3.05, 3.63) is 68.7 Å². The lowest BCUT2D eigenvalue weighted by atomic mass is 9.99. The summed E-state index contributed by atoms with van der Waals surface area (Å²) in [6.07, 6.45) is 0.342. The zero-order chi connectivity index (χ0) is 14.7. The van der Waals surface area contributed by atoms with Crippen LogP contribution < -0.4 is 11.3 Å². The van der Waals surface area contributed by atoms with E-state index in [1.54, 1.807) is 6.07 Å². The van der Waals surface area contributed by atoms with Gasteiger partial charge in [-0.25, -0.2) is 8.78 Å². The number of nitrogens with one attached hydrogen (secondary N) is 1. The van der Waals surface area contributed by atoms with E-state index >= 15 is 0 Å².